The Morgan fingerprint density at radius 2 is 1.69 bits per heavy atom. The van der Waals surface area contributed by atoms with E-state index < -0.39 is 17.8 Å². The van der Waals surface area contributed by atoms with E-state index in [4.69, 9.17) is 0 Å². The minimum atomic E-state index is -0.762. The molecule has 3 saturated carbocycles. The maximum absolute atomic E-state index is 11.6. The zero-order chi connectivity index (χ0) is 11.0. The monoisotopic (exact) mass is 220 g/mol. The maximum atomic E-state index is 11.6. The molecule has 84 valence electrons. The van der Waals surface area contributed by atoms with Gasteiger partial charge in [-0.2, -0.15) is 0 Å². The van der Waals surface area contributed by atoms with Crippen LogP contribution in [0.3, 0.4) is 0 Å². The molecule has 0 radical (unpaired) electrons. The summed E-state index contributed by atoms with van der Waals surface area (Å²) in [4.78, 5) is 35.4. The zero-order valence-corrected chi connectivity index (χ0v) is 8.68. The molecule has 16 heavy (non-hydrogen) atoms. The van der Waals surface area contributed by atoms with Crippen molar-refractivity contribution in [3.8, 4) is 0 Å². The Bertz CT molecular complexity index is 417. The molecule has 5 heteroatoms. The molecule has 5 nitrogen and oxygen atoms in total. The van der Waals surface area contributed by atoms with Gasteiger partial charge in [-0.25, -0.2) is 4.79 Å². The first-order valence-corrected chi connectivity index (χ1v) is 5.87. The Morgan fingerprint density at radius 1 is 1.06 bits per heavy atom. The zero-order valence-electron chi connectivity index (χ0n) is 8.68. The lowest BCUT2D eigenvalue weighted by molar-refractivity contribution is -0.140. The second kappa shape index (κ2) is 2.47. The molecule has 0 aromatic carbocycles. The van der Waals surface area contributed by atoms with E-state index in [9.17, 15) is 14.4 Å². The van der Waals surface area contributed by atoms with Crippen LogP contribution in [0.25, 0.3) is 0 Å². The summed E-state index contributed by atoms with van der Waals surface area (Å²) in [5.74, 6) is 0.970. The first kappa shape index (κ1) is 8.73. The number of fused-ring (bicyclic) bond motifs is 5. The van der Waals surface area contributed by atoms with E-state index in [0.29, 0.717) is 23.7 Å². The molecule has 1 N–H and O–H groups in total. The van der Waals surface area contributed by atoms with Gasteiger partial charge < -0.3 is 0 Å². The number of rotatable bonds is 1. The fraction of sp³-hybridized carbons (Fsp3) is 0.727. The predicted octanol–water partition coefficient (Wildman–Crippen LogP) is 0.109. The number of carbonyl (C=O) groups excluding carboxylic acids is 3. The van der Waals surface area contributed by atoms with E-state index in [2.05, 4.69) is 5.32 Å². The topological polar surface area (TPSA) is 66.5 Å². The molecule has 4 unspecified atom stereocenters. The maximum Gasteiger partial charge on any atom is 0.331 e. The number of hydrogen-bond acceptors (Lipinski definition) is 3. The van der Waals surface area contributed by atoms with Crippen LogP contribution >= 0.6 is 0 Å². The summed E-state index contributed by atoms with van der Waals surface area (Å²) in [6.45, 7) is 0. The van der Waals surface area contributed by atoms with E-state index >= 15 is 0 Å². The van der Waals surface area contributed by atoms with E-state index in [-0.39, 0.29) is 6.04 Å². The van der Waals surface area contributed by atoms with Crippen LogP contribution in [-0.4, -0.2) is 28.8 Å². The van der Waals surface area contributed by atoms with Gasteiger partial charge in [0.1, 0.15) is 0 Å². The van der Waals surface area contributed by atoms with Crippen LogP contribution in [0.4, 0.5) is 4.79 Å². The molecule has 4 aliphatic rings. The molecule has 3 aliphatic carbocycles. The number of hydrogen-bond donors (Lipinski definition) is 1. The first-order chi connectivity index (χ1) is 7.68. The average molecular weight is 220 g/mol. The third kappa shape index (κ3) is 0.817. The molecule has 1 heterocycles. The molecular formula is C11H12N2O3. The fourth-order valence-corrected chi connectivity index (χ4v) is 4.31. The van der Waals surface area contributed by atoms with Crippen molar-refractivity contribution in [2.45, 2.75) is 25.3 Å². The molecule has 1 aliphatic heterocycles. The van der Waals surface area contributed by atoms with E-state index in [1.165, 1.54) is 24.2 Å². The summed E-state index contributed by atoms with van der Waals surface area (Å²) in [7, 11) is 0. The molecule has 0 spiro atoms. The third-order valence-corrected chi connectivity index (χ3v) is 4.85. The molecule has 4 rings (SSSR count). The molecule has 4 atom stereocenters. The van der Waals surface area contributed by atoms with Gasteiger partial charge in [0.15, 0.2) is 0 Å². The van der Waals surface area contributed by atoms with Gasteiger partial charge in [0.25, 0.3) is 0 Å². The highest BCUT2D eigenvalue weighted by atomic mass is 16.2. The standard InChI is InChI=1S/C11H12N2O3/c14-9-10(15)13(11(16)12-9)8-6-4-1-2-5(3-4)7(6)8/h4-8H,1-3H2,(H,12,14,16). The Morgan fingerprint density at radius 3 is 2.19 bits per heavy atom. The van der Waals surface area contributed by atoms with Gasteiger partial charge >= 0.3 is 17.8 Å². The number of nitrogens with zero attached hydrogens (tertiary/aromatic N) is 1. The van der Waals surface area contributed by atoms with Crippen LogP contribution in [0.5, 0.6) is 0 Å². The van der Waals surface area contributed by atoms with Crippen LogP contribution in [0.15, 0.2) is 0 Å². The van der Waals surface area contributed by atoms with Gasteiger partial charge in [-0.05, 0) is 42.9 Å². The molecule has 0 aromatic rings. The summed E-state index contributed by atoms with van der Waals surface area (Å²) < 4.78 is 0. The van der Waals surface area contributed by atoms with Crippen molar-refractivity contribution in [1.29, 1.82) is 0 Å². The van der Waals surface area contributed by atoms with Crippen LogP contribution in [-0.2, 0) is 9.59 Å². The van der Waals surface area contributed by atoms with E-state index in [0.717, 1.165) is 0 Å². The minimum absolute atomic E-state index is 0.0326. The largest absolute Gasteiger partial charge is 0.331 e. The highest BCUT2D eigenvalue weighted by molar-refractivity contribution is 6.45. The summed E-state index contributed by atoms with van der Waals surface area (Å²) >= 11 is 0. The molecule has 1 saturated heterocycles. The summed E-state index contributed by atoms with van der Waals surface area (Å²) in [6, 6.07) is -0.473. The SMILES string of the molecule is O=C1NC(=O)N(C2C3C4CCC(C4)C32)C1=O. The van der Waals surface area contributed by atoms with Crippen LogP contribution in [0, 0.1) is 23.7 Å². The Balaban J connectivity index is 1.63. The Labute approximate surface area is 92.2 Å². The smallest absolute Gasteiger partial charge is 0.269 e. The summed E-state index contributed by atoms with van der Waals surface area (Å²) in [5, 5.41) is 2.08. The van der Waals surface area contributed by atoms with Gasteiger partial charge in [0, 0.05) is 6.04 Å². The lowest BCUT2D eigenvalue weighted by Gasteiger charge is -2.15. The summed E-state index contributed by atoms with van der Waals surface area (Å²) in [5.41, 5.74) is 0. The normalized spacial score (nSPS) is 48.6. The summed E-state index contributed by atoms with van der Waals surface area (Å²) in [6.07, 6.45) is 3.74. The number of imide groups is 2. The predicted molar refractivity (Wildman–Crippen MR) is 52.0 cm³/mol. The second-order valence-corrected chi connectivity index (χ2v) is 5.41. The fourth-order valence-electron chi connectivity index (χ4n) is 4.31. The molecule has 4 amide bonds. The van der Waals surface area contributed by atoms with Gasteiger partial charge in [-0.3, -0.25) is 19.8 Å². The highest BCUT2D eigenvalue weighted by Gasteiger charge is 2.69. The van der Waals surface area contributed by atoms with Crippen molar-refractivity contribution in [2.24, 2.45) is 23.7 Å². The van der Waals surface area contributed by atoms with Crippen LogP contribution in [0.1, 0.15) is 19.3 Å². The molecule has 4 fully saturated rings. The van der Waals surface area contributed by atoms with Crippen LogP contribution < -0.4 is 5.32 Å². The van der Waals surface area contributed by atoms with Crippen molar-refractivity contribution in [2.75, 3.05) is 0 Å². The number of carbonyl (C=O) groups is 3. The number of urea groups is 1. The number of amides is 4. The van der Waals surface area contributed by atoms with Crippen molar-refractivity contribution in [3.05, 3.63) is 0 Å². The lowest BCUT2D eigenvalue weighted by Crippen LogP contribution is -2.36. The minimum Gasteiger partial charge on any atom is -0.269 e. The quantitative estimate of drug-likeness (QED) is 0.504. The lowest BCUT2D eigenvalue weighted by atomic mass is 10.0. The average Bonchev–Trinajstić information content (AvgIpc) is 2.57. The van der Waals surface area contributed by atoms with Crippen molar-refractivity contribution in [1.82, 2.24) is 10.2 Å². The van der Waals surface area contributed by atoms with Crippen molar-refractivity contribution in [3.63, 3.8) is 0 Å². The van der Waals surface area contributed by atoms with Crippen LogP contribution in [0.2, 0.25) is 0 Å². The Hall–Kier alpha value is -1.39. The van der Waals surface area contributed by atoms with Gasteiger partial charge in [0.05, 0.1) is 0 Å². The highest BCUT2D eigenvalue weighted by Crippen LogP contribution is 2.67. The molecule has 2 bridgehead atoms. The Kier molecular flexibility index (Phi) is 1.35. The van der Waals surface area contributed by atoms with Gasteiger partial charge in [0.2, 0.25) is 0 Å². The third-order valence-electron chi connectivity index (χ3n) is 4.85. The van der Waals surface area contributed by atoms with Gasteiger partial charge in [-0.15, -0.1) is 0 Å². The van der Waals surface area contributed by atoms with E-state index in [1.807, 2.05) is 0 Å². The molecular weight excluding hydrogens is 208 g/mol. The van der Waals surface area contributed by atoms with Crippen molar-refractivity contribution >= 4 is 17.8 Å². The second-order valence-electron chi connectivity index (χ2n) is 5.41. The number of nitrogens with one attached hydrogen (secondary N) is 1. The van der Waals surface area contributed by atoms with Gasteiger partial charge in [-0.1, -0.05) is 0 Å². The van der Waals surface area contributed by atoms with Crippen molar-refractivity contribution < 1.29 is 14.4 Å². The van der Waals surface area contributed by atoms with E-state index in [1.54, 1.807) is 0 Å². The molecule has 0 aromatic heterocycles. The first-order valence-electron chi connectivity index (χ1n) is 5.87.